The Balaban J connectivity index is 2.41. The van der Waals surface area contributed by atoms with Gasteiger partial charge in [-0.2, -0.15) is 0 Å². The molecule has 0 aliphatic rings. The van der Waals surface area contributed by atoms with Crippen LogP contribution >= 0.6 is 11.3 Å². The van der Waals surface area contributed by atoms with Gasteiger partial charge in [0, 0.05) is 10.9 Å². The van der Waals surface area contributed by atoms with E-state index in [4.69, 9.17) is 4.52 Å². The number of hydrogen-bond acceptors (Lipinski definition) is 4. The minimum absolute atomic E-state index is 0.830. The molecular weight excluding hydrogens is 208 g/mol. The average molecular weight is 222 g/mol. The lowest BCUT2D eigenvalue weighted by atomic mass is 10.2. The van der Waals surface area contributed by atoms with Crippen LogP contribution in [0, 0.1) is 6.92 Å². The van der Waals surface area contributed by atoms with Gasteiger partial charge in [-0.25, -0.2) is 4.98 Å². The monoisotopic (exact) mass is 222 g/mol. The Morgan fingerprint density at radius 2 is 2.13 bits per heavy atom. The predicted octanol–water partition coefficient (Wildman–Crippen LogP) is 3.23. The third-order valence-corrected chi connectivity index (χ3v) is 3.55. The molecule has 2 heterocycles. The molecule has 0 fully saturated rings. The van der Waals surface area contributed by atoms with Crippen LogP contribution in [-0.4, -0.2) is 10.1 Å². The van der Waals surface area contributed by atoms with Gasteiger partial charge in [0.2, 0.25) is 0 Å². The van der Waals surface area contributed by atoms with Crippen LogP contribution in [0.15, 0.2) is 10.6 Å². The van der Waals surface area contributed by atoms with E-state index < -0.39 is 0 Å². The molecule has 0 N–H and O–H groups in total. The third-order valence-electron chi connectivity index (χ3n) is 2.28. The number of aryl methyl sites for hydroxylation is 3. The van der Waals surface area contributed by atoms with Gasteiger partial charge >= 0.3 is 0 Å². The summed E-state index contributed by atoms with van der Waals surface area (Å²) in [5, 5.41) is 4.95. The van der Waals surface area contributed by atoms with Crippen molar-refractivity contribution in [1.29, 1.82) is 0 Å². The summed E-state index contributed by atoms with van der Waals surface area (Å²) < 4.78 is 5.05. The molecule has 2 aromatic rings. The number of thiazole rings is 1. The Bertz CT molecular complexity index is 437. The molecule has 0 saturated carbocycles. The summed E-state index contributed by atoms with van der Waals surface area (Å²) in [6, 6.07) is 1.93. The molecule has 0 bridgehead atoms. The van der Waals surface area contributed by atoms with E-state index in [2.05, 4.69) is 24.0 Å². The minimum Gasteiger partial charge on any atom is -0.361 e. The van der Waals surface area contributed by atoms with Crippen molar-refractivity contribution in [3.8, 4) is 10.7 Å². The Morgan fingerprint density at radius 1 is 1.33 bits per heavy atom. The fourth-order valence-corrected chi connectivity index (χ4v) is 2.55. The molecule has 0 aliphatic carbocycles. The molecule has 2 aromatic heterocycles. The van der Waals surface area contributed by atoms with Crippen molar-refractivity contribution in [2.75, 3.05) is 0 Å². The van der Waals surface area contributed by atoms with Gasteiger partial charge in [0.15, 0.2) is 0 Å². The zero-order valence-corrected chi connectivity index (χ0v) is 10.0. The maximum absolute atomic E-state index is 5.05. The topological polar surface area (TPSA) is 38.9 Å². The molecule has 0 aromatic carbocycles. The second-order valence-electron chi connectivity index (χ2n) is 3.42. The normalized spacial score (nSPS) is 10.9. The highest BCUT2D eigenvalue weighted by Crippen LogP contribution is 2.28. The zero-order valence-electron chi connectivity index (χ0n) is 9.20. The number of nitrogens with zero attached hydrogens (tertiary/aromatic N) is 2. The van der Waals surface area contributed by atoms with E-state index in [1.165, 1.54) is 10.6 Å². The highest BCUT2D eigenvalue weighted by atomic mass is 32.1. The first kappa shape index (κ1) is 10.4. The summed E-state index contributed by atoms with van der Waals surface area (Å²) in [5.74, 6) is 0.830. The second-order valence-corrected chi connectivity index (χ2v) is 4.50. The standard InChI is InChI=1S/C11H14N2OS/c1-4-8-10(5-2)15-11(12-8)9-6-7(3)14-13-9/h6H,4-5H2,1-3H3. The summed E-state index contributed by atoms with van der Waals surface area (Å²) in [6.07, 6.45) is 2.02. The van der Waals surface area contributed by atoms with Crippen molar-refractivity contribution in [3.63, 3.8) is 0 Å². The molecule has 80 valence electrons. The lowest BCUT2D eigenvalue weighted by Gasteiger charge is -1.90. The maximum atomic E-state index is 5.05. The van der Waals surface area contributed by atoms with Gasteiger partial charge in [0.25, 0.3) is 0 Å². The van der Waals surface area contributed by atoms with Crippen LogP contribution in [0.3, 0.4) is 0 Å². The smallest absolute Gasteiger partial charge is 0.145 e. The molecule has 0 saturated heterocycles. The summed E-state index contributed by atoms with van der Waals surface area (Å²) in [4.78, 5) is 5.93. The Hall–Kier alpha value is -1.16. The van der Waals surface area contributed by atoms with Gasteiger partial charge < -0.3 is 4.52 Å². The van der Waals surface area contributed by atoms with Crippen LogP contribution in [0.2, 0.25) is 0 Å². The van der Waals surface area contributed by atoms with E-state index in [0.29, 0.717) is 0 Å². The molecular formula is C11H14N2OS. The molecule has 0 amide bonds. The van der Waals surface area contributed by atoms with Gasteiger partial charge in [-0.1, -0.05) is 19.0 Å². The van der Waals surface area contributed by atoms with E-state index in [0.717, 1.165) is 29.3 Å². The summed E-state index contributed by atoms with van der Waals surface area (Å²) in [5.41, 5.74) is 2.05. The first-order valence-electron chi connectivity index (χ1n) is 5.16. The molecule has 3 nitrogen and oxygen atoms in total. The highest BCUT2D eigenvalue weighted by Gasteiger charge is 2.12. The number of hydrogen-bond donors (Lipinski definition) is 0. The Kier molecular flexibility index (Phi) is 2.86. The molecule has 4 heteroatoms. The highest BCUT2D eigenvalue weighted by molar-refractivity contribution is 7.15. The second kappa shape index (κ2) is 4.14. The lowest BCUT2D eigenvalue weighted by molar-refractivity contribution is 0.399. The van der Waals surface area contributed by atoms with Gasteiger partial charge in [-0.15, -0.1) is 11.3 Å². The third kappa shape index (κ3) is 1.95. The summed E-state index contributed by atoms with van der Waals surface area (Å²) in [7, 11) is 0. The minimum atomic E-state index is 0.830. The van der Waals surface area contributed by atoms with E-state index >= 15 is 0 Å². The van der Waals surface area contributed by atoms with Crippen LogP contribution < -0.4 is 0 Å². The lowest BCUT2D eigenvalue weighted by Crippen LogP contribution is -1.85. The SMILES string of the molecule is CCc1nc(-c2cc(C)on2)sc1CC. The van der Waals surface area contributed by atoms with Crippen LogP contribution in [0.1, 0.15) is 30.2 Å². The quantitative estimate of drug-likeness (QED) is 0.800. The molecule has 15 heavy (non-hydrogen) atoms. The van der Waals surface area contributed by atoms with Crippen LogP contribution in [0.25, 0.3) is 10.7 Å². The van der Waals surface area contributed by atoms with Crippen molar-refractivity contribution < 1.29 is 4.52 Å². The van der Waals surface area contributed by atoms with Crippen LogP contribution in [0.5, 0.6) is 0 Å². The zero-order chi connectivity index (χ0) is 10.8. The summed E-state index contributed by atoms with van der Waals surface area (Å²) in [6.45, 7) is 6.18. The average Bonchev–Trinajstić information content (AvgIpc) is 2.82. The maximum Gasteiger partial charge on any atom is 0.145 e. The van der Waals surface area contributed by atoms with Crippen molar-refractivity contribution in [1.82, 2.24) is 10.1 Å². The molecule has 0 unspecified atom stereocenters. The predicted molar refractivity (Wildman–Crippen MR) is 61.1 cm³/mol. The van der Waals surface area contributed by atoms with Gasteiger partial charge in [-0.3, -0.25) is 0 Å². The number of aromatic nitrogens is 2. The Morgan fingerprint density at radius 3 is 2.60 bits per heavy atom. The summed E-state index contributed by atoms with van der Waals surface area (Å²) >= 11 is 1.72. The Labute approximate surface area is 93.1 Å². The largest absolute Gasteiger partial charge is 0.361 e. The molecule has 0 atom stereocenters. The first-order chi connectivity index (χ1) is 7.24. The van der Waals surface area contributed by atoms with Crippen molar-refractivity contribution >= 4 is 11.3 Å². The van der Waals surface area contributed by atoms with Gasteiger partial charge in [-0.05, 0) is 19.8 Å². The molecule has 0 radical (unpaired) electrons. The van der Waals surface area contributed by atoms with E-state index in [1.54, 1.807) is 11.3 Å². The van der Waals surface area contributed by atoms with Crippen molar-refractivity contribution in [2.24, 2.45) is 0 Å². The van der Waals surface area contributed by atoms with Crippen LogP contribution in [-0.2, 0) is 12.8 Å². The molecule has 0 aliphatic heterocycles. The molecule has 0 spiro atoms. The van der Waals surface area contributed by atoms with Gasteiger partial charge in [0.05, 0.1) is 5.69 Å². The first-order valence-corrected chi connectivity index (χ1v) is 5.98. The van der Waals surface area contributed by atoms with Crippen molar-refractivity contribution in [3.05, 3.63) is 22.4 Å². The van der Waals surface area contributed by atoms with Crippen molar-refractivity contribution in [2.45, 2.75) is 33.6 Å². The van der Waals surface area contributed by atoms with E-state index in [-0.39, 0.29) is 0 Å². The van der Waals surface area contributed by atoms with Gasteiger partial charge in [0.1, 0.15) is 16.5 Å². The van der Waals surface area contributed by atoms with E-state index in [9.17, 15) is 0 Å². The number of rotatable bonds is 3. The fraction of sp³-hybridized carbons (Fsp3) is 0.455. The van der Waals surface area contributed by atoms with Crippen LogP contribution in [0.4, 0.5) is 0 Å². The fourth-order valence-electron chi connectivity index (χ4n) is 1.51. The molecule has 2 rings (SSSR count). The van der Waals surface area contributed by atoms with E-state index in [1.807, 2.05) is 13.0 Å².